The Kier molecular flexibility index (Phi) is 2.98. The van der Waals surface area contributed by atoms with Gasteiger partial charge < -0.3 is 0 Å². The van der Waals surface area contributed by atoms with Gasteiger partial charge >= 0.3 is 0 Å². The molecule has 21 heavy (non-hydrogen) atoms. The molecule has 1 saturated carbocycles. The first-order valence-corrected chi connectivity index (χ1v) is 8.72. The van der Waals surface area contributed by atoms with Crippen LogP contribution in [0.2, 0.25) is 0 Å². The van der Waals surface area contributed by atoms with E-state index in [1.165, 1.54) is 45.1 Å². The number of aromatic nitrogens is 1. The van der Waals surface area contributed by atoms with E-state index in [0.29, 0.717) is 6.04 Å². The summed E-state index contributed by atoms with van der Waals surface area (Å²) in [5, 5.41) is 5.23. The molecule has 2 aliphatic rings. The lowest BCUT2D eigenvalue weighted by Gasteiger charge is -2.30. The van der Waals surface area contributed by atoms with Gasteiger partial charge in [-0.2, -0.15) is 0 Å². The van der Waals surface area contributed by atoms with Crippen molar-refractivity contribution in [1.29, 1.82) is 0 Å². The molecule has 110 valence electrons. The normalized spacial score (nSPS) is 24.3. The van der Waals surface area contributed by atoms with Gasteiger partial charge in [0.25, 0.3) is 0 Å². The molecule has 0 saturated heterocycles. The summed E-state index contributed by atoms with van der Waals surface area (Å²) in [6, 6.07) is 7.61. The Morgan fingerprint density at radius 2 is 2.05 bits per heavy atom. The summed E-state index contributed by atoms with van der Waals surface area (Å²) >= 11 is 1.88. The standard InChI is InChI=1S/C18H22N2S/c1-11-4-5-14-8-9-18(16(14)10-11,20-15-6-7-15)17-19-12(2)13(3)21-17/h4-5,10,15,20H,6-9H2,1-3H3. The Labute approximate surface area is 130 Å². The van der Waals surface area contributed by atoms with Crippen molar-refractivity contribution >= 4 is 11.3 Å². The van der Waals surface area contributed by atoms with E-state index in [4.69, 9.17) is 4.98 Å². The first kappa shape index (κ1) is 13.5. The first-order chi connectivity index (χ1) is 10.1. The summed E-state index contributed by atoms with van der Waals surface area (Å²) < 4.78 is 0. The Balaban J connectivity index is 1.88. The molecule has 1 fully saturated rings. The molecule has 3 heteroatoms. The zero-order valence-corrected chi connectivity index (χ0v) is 13.8. The molecule has 0 radical (unpaired) electrons. The van der Waals surface area contributed by atoms with Crippen molar-refractivity contribution in [2.24, 2.45) is 0 Å². The second kappa shape index (κ2) is 4.65. The fourth-order valence-corrected chi connectivity index (χ4v) is 4.54. The minimum absolute atomic E-state index is 0.0355. The Morgan fingerprint density at radius 1 is 1.24 bits per heavy atom. The maximum absolute atomic E-state index is 4.93. The van der Waals surface area contributed by atoms with Gasteiger partial charge in [0.2, 0.25) is 0 Å². The highest BCUT2D eigenvalue weighted by molar-refractivity contribution is 7.11. The van der Waals surface area contributed by atoms with Gasteiger partial charge in [0.15, 0.2) is 0 Å². The number of hydrogen-bond donors (Lipinski definition) is 1. The summed E-state index contributed by atoms with van der Waals surface area (Å²) in [5.74, 6) is 0. The van der Waals surface area contributed by atoms with Crippen molar-refractivity contribution in [1.82, 2.24) is 10.3 Å². The quantitative estimate of drug-likeness (QED) is 0.926. The van der Waals surface area contributed by atoms with E-state index >= 15 is 0 Å². The molecular weight excluding hydrogens is 276 g/mol. The maximum Gasteiger partial charge on any atom is 0.118 e. The summed E-state index contributed by atoms with van der Waals surface area (Å²) in [6.07, 6.45) is 4.93. The number of benzene rings is 1. The van der Waals surface area contributed by atoms with Crippen molar-refractivity contribution in [2.75, 3.05) is 0 Å². The van der Waals surface area contributed by atoms with Crippen molar-refractivity contribution in [3.63, 3.8) is 0 Å². The third kappa shape index (κ3) is 2.14. The second-order valence-corrected chi connectivity index (χ2v) is 7.85. The molecule has 1 heterocycles. The van der Waals surface area contributed by atoms with Crippen molar-refractivity contribution in [3.8, 4) is 0 Å². The first-order valence-electron chi connectivity index (χ1n) is 7.91. The third-order valence-electron chi connectivity index (χ3n) is 4.92. The van der Waals surface area contributed by atoms with E-state index in [1.807, 2.05) is 11.3 Å². The van der Waals surface area contributed by atoms with Crippen LogP contribution in [0, 0.1) is 20.8 Å². The average molecular weight is 298 g/mol. The smallest absolute Gasteiger partial charge is 0.118 e. The van der Waals surface area contributed by atoms with E-state index in [2.05, 4.69) is 44.3 Å². The van der Waals surface area contributed by atoms with E-state index < -0.39 is 0 Å². The molecule has 4 rings (SSSR count). The molecule has 2 aliphatic carbocycles. The summed E-state index contributed by atoms with van der Waals surface area (Å²) in [4.78, 5) is 6.28. The van der Waals surface area contributed by atoms with Crippen LogP contribution in [0.4, 0.5) is 0 Å². The highest BCUT2D eigenvalue weighted by atomic mass is 32.1. The lowest BCUT2D eigenvalue weighted by Crippen LogP contribution is -2.43. The van der Waals surface area contributed by atoms with E-state index in [1.54, 1.807) is 0 Å². The Morgan fingerprint density at radius 3 is 2.71 bits per heavy atom. The number of fused-ring (bicyclic) bond motifs is 1. The molecule has 0 aliphatic heterocycles. The van der Waals surface area contributed by atoms with Gasteiger partial charge in [0, 0.05) is 10.9 Å². The maximum atomic E-state index is 4.93. The highest BCUT2D eigenvalue weighted by Gasteiger charge is 2.45. The van der Waals surface area contributed by atoms with Gasteiger partial charge in [-0.1, -0.05) is 23.8 Å². The van der Waals surface area contributed by atoms with Crippen LogP contribution in [0.5, 0.6) is 0 Å². The number of hydrogen-bond acceptors (Lipinski definition) is 3. The third-order valence-corrected chi connectivity index (χ3v) is 6.15. The van der Waals surface area contributed by atoms with Crippen LogP contribution >= 0.6 is 11.3 Å². The molecule has 1 atom stereocenters. The number of rotatable bonds is 3. The van der Waals surface area contributed by atoms with Gasteiger partial charge in [-0.25, -0.2) is 4.98 Å². The lowest BCUT2D eigenvalue weighted by molar-refractivity contribution is 0.392. The second-order valence-electron chi connectivity index (χ2n) is 6.65. The van der Waals surface area contributed by atoms with Crippen LogP contribution in [0.15, 0.2) is 18.2 Å². The molecular formula is C18H22N2S. The SMILES string of the molecule is Cc1ccc2c(c1)C(NC1CC1)(c1nc(C)c(C)s1)CC2. The van der Waals surface area contributed by atoms with Crippen LogP contribution in [-0.4, -0.2) is 11.0 Å². The van der Waals surface area contributed by atoms with Crippen LogP contribution in [0.25, 0.3) is 0 Å². The summed E-state index contributed by atoms with van der Waals surface area (Å²) in [6.45, 7) is 6.51. The molecule has 1 unspecified atom stereocenters. The molecule has 0 bridgehead atoms. The van der Waals surface area contributed by atoms with Gasteiger partial charge in [0.05, 0.1) is 11.2 Å². The van der Waals surface area contributed by atoms with Crippen LogP contribution in [0.3, 0.4) is 0 Å². The van der Waals surface area contributed by atoms with Gasteiger partial charge in [-0.05, 0) is 57.6 Å². The van der Waals surface area contributed by atoms with Crippen molar-refractivity contribution in [2.45, 2.75) is 58.0 Å². The predicted octanol–water partition coefficient (Wildman–Crippen LogP) is 4.01. The fraction of sp³-hybridized carbons (Fsp3) is 0.500. The summed E-state index contributed by atoms with van der Waals surface area (Å²) in [5.41, 5.74) is 5.48. The Bertz CT molecular complexity index is 680. The number of nitrogens with one attached hydrogen (secondary N) is 1. The summed E-state index contributed by atoms with van der Waals surface area (Å²) in [7, 11) is 0. The molecule has 0 amide bonds. The van der Waals surface area contributed by atoms with E-state index in [9.17, 15) is 0 Å². The number of aryl methyl sites for hydroxylation is 4. The largest absolute Gasteiger partial charge is 0.299 e. The molecule has 0 spiro atoms. The van der Waals surface area contributed by atoms with Crippen molar-refractivity contribution in [3.05, 3.63) is 50.5 Å². The van der Waals surface area contributed by atoms with Crippen LogP contribution < -0.4 is 5.32 Å². The minimum atomic E-state index is -0.0355. The number of thiazole rings is 1. The fourth-order valence-electron chi connectivity index (χ4n) is 3.43. The van der Waals surface area contributed by atoms with E-state index in [-0.39, 0.29) is 5.54 Å². The monoisotopic (exact) mass is 298 g/mol. The van der Waals surface area contributed by atoms with Crippen molar-refractivity contribution < 1.29 is 0 Å². The average Bonchev–Trinajstić information content (AvgIpc) is 3.11. The van der Waals surface area contributed by atoms with Gasteiger partial charge in [-0.15, -0.1) is 11.3 Å². The molecule has 1 aromatic carbocycles. The highest BCUT2D eigenvalue weighted by Crippen LogP contribution is 2.46. The molecule has 1 aromatic heterocycles. The van der Waals surface area contributed by atoms with E-state index in [0.717, 1.165) is 12.8 Å². The predicted molar refractivity (Wildman–Crippen MR) is 88.0 cm³/mol. The zero-order chi connectivity index (χ0) is 14.6. The number of nitrogens with zero attached hydrogens (tertiary/aromatic N) is 1. The molecule has 1 N–H and O–H groups in total. The Hall–Kier alpha value is -1.19. The van der Waals surface area contributed by atoms with Gasteiger partial charge in [-0.3, -0.25) is 5.32 Å². The van der Waals surface area contributed by atoms with Crippen LogP contribution in [-0.2, 0) is 12.0 Å². The topological polar surface area (TPSA) is 24.9 Å². The zero-order valence-electron chi connectivity index (χ0n) is 13.0. The van der Waals surface area contributed by atoms with Gasteiger partial charge in [0.1, 0.15) is 5.01 Å². The molecule has 2 nitrogen and oxygen atoms in total. The molecule has 2 aromatic rings. The minimum Gasteiger partial charge on any atom is -0.299 e. The lowest BCUT2D eigenvalue weighted by atomic mass is 9.91. The van der Waals surface area contributed by atoms with Crippen LogP contribution in [0.1, 0.15) is 51.5 Å².